The van der Waals surface area contributed by atoms with E-state index in [1.165, 1.54) is 0 Å². The van der Waals surface area contributed by atoms with Crippen molar-refractivity contribution in [3.8, 4) is 0 Å². The molecule has 3 rings (SSSR count). The molecule has 164 valence electrons. The fourth-order valence-corrected chi connectivity index (χ4v) is 3.98. The second kappa shape index (κ2) is 11.1. The molecule has 1 atom stereocenters. The molecule has 0 bridgehead atoms. The van der Waals surface area contributed by atoms with Gasteiger partial charge in [-0.2, -0.15) is 0 Å². The van der Waals surface area contributed by atoms with Crippen molar-refractivity contribution >= 4 is 17.7 Å². The maximum Gasteiger partial charge on any atom is 0.234 e. The van der Waals surface area contributed by atoms with Gasteiger partial charge >= 0.3 is 0 Å². The zero-order valence-electron chi connectivity index (χ0n) is 17.7. The Hall–Kier alpha value is -2.45. The minimum absolute atomic E-state index is 0.00354. The van der Waals surface area contributed by atoms with Crippen molar-refractivity contribution in [1.29, 1.82) is 0 Å². The number of likely N-dealkylation sites (tertiary alicyclic amines) is 1. The molecule has 2 aliphatic heterocycles. The molecule has 1 unspecified atom stereocenters. The number of rotatable bonds is 9. The maximum atomic E-state index is 12.9. The summed E-state index contributed by atoms with van der Waals surface area (Å²) in [6.07, 6.45) is 1.08. The van der Waals surface area contributed by atoms with Crippen molar-refractivity contribution in [2.45, 2.75) is 19.4 Å². The van der Waals surface area contributed by atoms with Crippen LogP contribution in [0.25, 0.3) is 0 Å². The van der Waals surface area contributed by atoms with Gasteiger partial charge in [0.05, 0.1) is 12.5 Å². The lowest BCUT2D eigenvalue weighted by molar-refractivity contribution is -0.137. The number of amides is 3. The van der Waals surface area contributed by atoms with Gasteiger partial charge in [-0.3, -0.25) is 19.3 Å². The number of carbonyl (C=O) groups is 3. The first-order chi connectivity index (χ1) is 14.6. The van der Waals surface area contributed by atoms with E-state index >= 15 is 0 Å². The average Bonchev–Trinajstić information content (AvgIpc) is 3.12. The van der Waals surface area contributed by atoms with Crippen molar-refractivity contribution in [3.63, 3.8) is 0 Å². The number of nitrogens with one attached hydrogen (secondary N) is 1. The Bertz CT molecular complexity index is 719. The first-order valence-corrected chi connectivity index (χ1v) is 10.7. The van der Waals surface area contributed by atoms with Crippen LogP contribution in [0.5, 0.6) is 0 Å². The molecule has 30 heavy (non-hydrogen) atoms. The largest absolute Gasteiger partial charge is 0.385 e. The van der Waals surface area contributed by atoms with Gasteiger partial charge in [-0.15, -0.1) is 0 Å². The number of carbonyl (C=O) groups excluding carboxylic acids is 3. The van der Waals surface area contributed by atoms with Crippen molar-refractivity contribution in [2.24, 2.45) is 5.92 Å². The van der Waals surface area contributed by atoms with E-state index in [0.717, 1.165) is 12.0 Å². The predicted octanol–water partition coefficient (Wildman–Crippen LogP) is 0.332. The van der Waals surface area contributed by atoms with Crippen molar-refractivity contribution in [3.05, 3.63) is 35.9 Å². The van der Waals surface area contributed by atoms with E-state index in [1.54, 1.807) is 12.0 Å². The maximum absolute atomic E-state index is 12.9. The summed E-state index contributed by atoms with van der Waals surface area (Å²) in [5.41, 5.74) is 1.08. The lowest BCUT2D eigenvalue weighted by Crippen LogP contribution is -2.52. The standard InChI is InChI=1S/C22H32N4O4/c1-30-13-5-8-23-20(27)17-24-9-11-25(12-10-24)22(29)19-14-21(28)26(16-19)15-18-6-3-2-4-7-18/h2-4,6-7,19H,5,8-17H2,1H3,(H,23,27). The summed E-state index contributed by atoms with van der Waals surface area (Å²) < 4.78 is 4.97. The molecule has 0 aliphatic carbocycles. The highest BCUT2D eigenvalue weighted by Gasteiger charge is 2.37. The van der Waals surface area contributed by atoms with Gasteiger partial charge in [0.25, 0.3) is 0 Å². The molecule has 0 aromatic heterocycles. The normalized spacial score (nSPS) is 19.9. The minimum Gasteiger partial charge on any atom is -0.385 e. The SMILES string of the molecule is COCCCNC(=O)CN1CCN(C(=O)C2CC(=O)N(Cc3ccccc3)C2)CC1. The third kappa shape index (κ3) is 6.27. The van der Waals surface area contributed by atoms with Gasteiger partial charge in [-0.25, -0.2) is 0 Å². The van der Waals surface area contributed by atoms with Gasteiger partial charge < -0.3 is 19.9 Å². The molecule has 8 nitrogen and oxygen atoms in total. The molecule has 1 aromatic carbocycles. The highest BCUT2D eigenvalue weighted by Crippen LogP contribution is 2.22. The smallest absolute Gasteiger partial charge is 0.234 e. The topological polar surface area (TPSA) is 82.2 Å². The summed E-state index contributed by atoms with van der Waals surface area (Å²) in [6.45, 7) is 5.17. The van der Waals surface area contributed by atoms with E-state index in [-0.39, 0.29) is 30.1 Å². The Morgan fingerprint density at radius 2 is 1.87 bits per heavy atom. The second-order valence-electron chi connectivity index (χ2n) is 7.96. The summed E-state index contributed by atoms with van der Waals surface area (Å²) in [5.74, 6) is -0.163. The van der Waals surface area contributed by atoms with E-state index in [2.05, 4.69) is 10.2 Å². The van der Waals surface area contributed by atoms with Gasteiger partial charge in [0.1, 0.15) is 0 Å². The van der Waals surface area contributed by atoms with Crippen LogP contribution in [0.4, 0.5) is 0 Å². The second-order valence-corrected chi connectivity index (χ2v) is 7.96. The van der Waals surface area contributed by atoms with Gasteiger partial charge in [0, 0.05) is 66.0 Å². The van der Waals surface area contributed by atoms with Crippen LogP contribution in [0.15, 0.2) is 30.3 Å². The monoisotopic (exact) mass is 416 g/mol. The Labute approximate surface area is 178 Å². The summed E-state index contributed by atoms with van der Waals surface area (Å²) in [6, 6.07) is 9.85. The summed E-state index contributed by atoms with van der Waals surface area (Å²) >= 11 is 0. The molecule has 2 saturated heterocycles. The number of nitrogens with zero attached hydrogens (tertiary/aromatic N) is 3. The molecule has 1 aromatic rings. The number of benzene rings is 1. The number of ether oxygens (including phenoxy) is 1. The summed E-state index contributed by atoms with van der Waals surface area (Å²) in [5, 5.41) is 2.89. The Morgan fingerprint density at radius 3 is 2.57 bits per heavy atom. The van der Waals surface area contributed by atoms with Gasteiger partial charge in [-0.1, -0.05) is 30.3 Å². The fourth-order valence-electron chi connectivity index (χ4n) is 3.98. The van der Waals surface area contributed by atoms with Crippen LogP contribution in [-0.4, -0.2) is 92.0 Å². The van der Waals surface area contributed by atoms with Crippen LogP contribution in [0.2, 0.25) is 0 Å². The van der Waals surface area contributed by atoms with Gasteiger partial charge in [0.15, 0.2) is 0 Å². The van der Waals surface area contributed by atoms with Crippen LogP contribution in [0.1, 0.15) is 18.4 Å². The van der Waals surface area contributed by atoms with Crippen LogP contribution in [-0.2, 0) is 25.7 Å². The zero-order valence-corrected chi connectivity index (χ0v) is 17.7. The zero-order chi connectivity index (χ0) is 21.3. The van der Waals surface area contributed by atoms with E-state index < -0.39 is 0 Å². The van der Waals surface area contributed by atoms with Crippen LogP contribution in [0, 0.1) is 5.92 Å². The molecule has 0 saturated carbocycles. The van der Waals surface area contributed by atoms with E-state index in [0.29, 0.717) is 59.0 Å². The molecule has 2 fully saturated rings. The molecular weight excluding hydrogens is 384 g/mol. The number of hydrogen-bond acceptors (Lipinski definition) is 5. The van der Waals surface area contributed by atoms with Gasteiger partial charge in [-0.05, 0) is 12.0 Å². The molecule has 3 amide bonds. The number of hydrogen-bond donors (Lipinski definition) is 1. The van der Waals surface area contributed by atoms with E-state index in [4.69, 9.17) is 4.74 Å². The van der Waals surface area contributed by atoms with Crippen molar-refractivity contribution in [1.82, 2.24) is 20.0 Å². The number of piperazine rings is 1. The van der Waals surface area contributed by atoms with Crippen LogP contribution < -0.4 is 5.32 Å². The third-order valence-electron chi connectivity index (χ3n) is 5.68. The van der Waals surface area contributed by atoms with Crippen LogP contribution >= 0.6 is 0 Å². The quantitative estimate of drug-likeness (QED) is 0.587. The van der Waals surface area contributed by atoms with Crippen molar-refractivity contribution in [2.75, 3.05) is 59.5 Å². The molecular formula is C22H32N4O4. The van der Waals surface area contributed by atoms with Gasteiger partial charge in [0.2, 0.25) is 17.7 Å². The lowest BCUT2D eigenvalue weighted by Gasteiger charge is -2.35. The first-order valence-electron chi connectivity index (χ1n) is 10.7. The molecule has 0 spiro atoms. The fraction of sp³-hybridized carbons (Fsp3) is 0.591. The Kier molecular flexibility index (Phi) is 8.21. The summed E-state index contributed by atoms with van der Waals surface area (Å²) in [7, 11) is 1.64. The first kappa shape index (κ1) is 22.2. The molecule has 2 aliphatic rings. The summed E-state index contributed by atoms with van der Waals surface area (Å²) in [4.78, 5) is 43.0. The lowest BCUT2D eigenvalue weighted by atomic mass is 10.1. The Morgan fingerprint density at radius 1 is 1.13 bits per heavy atom. The molecule has 8 heteroatoms. The number of methoxy groups -OCH3 is 1. The van der Waals surface area contributed by atoms with E-state index in [9.17, 15) is 14.4 Å². The molecule has 2 heterocycles. The predicted molar refractivity (Wildman–Crippen MR) is 112 cm³/mol. The average molecular weight is 417 g/mol. The Balaban J connectivity index is 1.40. The highest BCUT2D eigenvalue weighted by atomic mass is 16.5. The highest BCUT2D eigenvalue weighted by molar-refractivity contribution is 5.89. The molecule has 1 N–H and O–H groups in total. The third-order valence-corrected chi connectivity index (χ3v) is 5.68. The minimum atomic E-state index is -0.267. The van der Waals surface area contributed by atoms with Crippen molar-refractivity contribution < 1.29 is 19.1 Å². The van der Waals surface area contributed by atoms with E-state index in [1.807, 2.05) is 35.2 Å². The molecule has 0 radical (unpaired) electrons. The van der Waals surface area contributed by atoms with Crippen LogP contribution in [0.3, 0.4) is 0 Å².